The number of rotatable bonds is 0. The molecule has 0 aliphatic carbocycles. The predicted octanol–water partition coefficient (Wildman–Crippen LogP) is 2.09. The minimum Gasteiger partial charge on any atom is -0.444 e. The van der Waals surface area contributed by atoms with E-state index < -0.39 is 5.60 Å². The van der Waals surface area contributed by atoms with Gasteiger partial charge in [0.05, 0.1) is 0 Å². The molecule has 2 atom stereocenters. The topological polar surface area (TPSA) is 32.8 Å². The smallest absolute Gasteiger partial charge is 0.410 e. The number of hydrogen-bond donors (Lipinski definition) is 0. The van der Waals surface area contributed by atoms with Crippen LogP contribution in [-0.4, -0.2) is 53.7 Å². The van der Waals surface area contributed by atoms with Gasteiger partial charge in [-0.25, -0.2) is 4.79 Å². The highest BCUT2D eigenvalue weighted by atomic mass is 16.6. The Morgan fingerprint density at radius 3 is 2.59 bits per heavy atom. The first-order chi connectivity index (χ1) is 7.96. The number of ether oxygens (including phenoxy) is 1. The zero-order valence-electron chi connectivity index (χ0n) is 11.2. The summed E-state index contributed by atoms with van der Waals surface area (Å²) in [6.07, 6.45) is 3.25. The summed E-state index contributed by atoms with van der Waals surface area (Å²) in [7, 11) is 0. The molecule has 0 aromatic rings. The average molecular weight is 240 g/mol. The number of nitrogens with zero attached hydrogens (tertiary/aromatic N) is 2. The molecule has 4 heteroatoms. The molecule has 2 aliphatic rings. The number of carbonyl (C=O) groups excluding carboxylic acids is 1. The maximum atomic E-state index is 12.2. The molecule has 2 rings (SSSR count). The lowest BCUT2D eigenvalue weighted by Gasteiger charge is -2.36. The third-order valence-electron chi connectivity index (χ3n) is 3.42. The lowest BCUT2D eigenvalue weighted by molar-refractivity contribution is 0.0127. The van der Waals surface area contributed by atoms with Gasteiger partial charge in [0.25, 0.3) is 0 Å². The molecule has 0 aromatic heterocycles. The molecule has 98 valence electrons. The number of hydrogen-bond acceptors (Lipinski definition) is 3. The number of carbonyl (C=O) groups is 1. The van der Waals surface area contributed by atoms with Crippen LogP contribution in [0.4, 0.5) is 4.79 Å². The zero-order chi connectivity index (χ0) is 12.5. The van der Waals surface area contributed by atoms with Gasteiger partial charge in [-0.15, -0.1) is 0 Å². The summed E-state index contributed by atoms with van der Waals surface area (Å²) in [5, 5.41) is 0. The van der Waals surface area contributed by atoms with Crippen molar-refractivity contribution in [3.05, 3.63) is 0 Å². The molecule has 2 fully saturated rings. The molecular formula is C13H24N2O2. The fourth-order valence-corrected chi connectivity index (χ4v) is 2.70. The van der Waals surface area contributed by atoms with Crippen molar-refractivity contribution in [3.8, 4) is 0 Å². The van der Waals surface area contributed by atoms with Crippen LogP contribution in [-0.2, 0) is 4.74 Å². The van der Waals surface area contributed by atoms with E-state index in [1.165, 1.54) is 13.0 Å². The minimum absolute atomic E-state index is 0.133. The van der Waals surface area contributed by atoms with Crippen LogP contribution in [0.3, 0.4) is 0 Å². The van der Waals surface area contributed by atoms with Crippen LogP contribution in [0.2, 0.25) is 0 Å². The van der Waals surface area contributed by atoms with E-state index in [0.717, 1.165) is 32.5 Å². The molecule has 0 radical (unpaired) electrons. The van der Waals surface area contributed by atoms with Crippen molar-refractivity contribution in [3.63, 3.8) is 0 Å². The van der Waals surface area contributed by atoms with Crippen molar-refractivity contribution < 1.29 is 9.53 Å². The van der Waals surface area contributed by atoms with Crippen molar-refractivity contribution in [2.75, 3.05) is 26.2 Å². The molecular weight excluding hydrogens is 216 g/mol. The van der Waals surface area contributed by atoms with E-state index in [9.17, 15) is 4.79 Å². The highest BCUT2D eigenvalue weighted by Crippen LogP contribution is 2.22. The molecule has 4 nitrogen and oxygen atoms in total. The van der Waals surface area contributed by atoms with Crippen LogP contribution in [0.25, 0.3) is 0 Å². The largest absolute Gasteiger partial charge is 0.444 e. The molecule has 2 heterocycles. The normalized spacial score (nSPS) is 29.7. The monoisotopic (exact) mass is 240 g/mol. The van der Waals surface area contributed by atoms with Gasteiger partial charge in [-0.2, -0.15) is 0 Å². The average Bonchev–Trinajstić information content (AvgIpc) is 2.35. The molecule has 1 amide bonds. The molecule has 17 heavy (non-hydrogen) atoms. The van der Waals surface area contributed by atoms with Gasteiger partial charge in [-0.1, -0.05) is 0 Å². The lowest BCUT2D eigenvalue weighted by Crippen LogP contribution is -2.48. The second-order valence-corrected chi connectivity index (χ2v) is 6.12. The van der Waals surface area contributed by atoms with Crippen LogP contribution in [0, 0.1) is 0 Å². The Morgan fingerprint density at radius 1 is 1.18 bits per heavy atom. The van der Waals surface area contributed by atoms with Gasteiger partial charge in [0.2, 0.25) is 0 Å². The quantitative estimate of drug-likeness (QED) is 0.650. The van der Waals surface area contributed by atoms with Crippen LogP contribution in [0.1, 0.15) is 40.0 Å². The minimum atomic E-state index is -0.391. The third kappa shape index (κ3) is 3.35. The van der Waals surface area contributed by atoms with Crippen LogP contribution < -0.4 is 0 Å². The maximum Gasteiger partial charge on any atom is 0.410 e. The Kier molecular flexibility index (Phi) is 3.61. The summed E-state index contributed by atoms with van der Waals surface area (Å²) in [4.78, 5) is 16.6. The summed E-state index contributed by atoms with van der Waals surface area (Å²) >= 11 is 0. The number of piperidine rings is 1. The standard InChI is InChI=1S/C13H24N2O2/c1-13(2,3)17-12(16)15-9-5-8-14-7-4-6-11(15)10-14/h11H,4-10H2,1-3H3/t11-/m0/s1. The van der Waals surface area contributed by atoms with E-state index in [1.54, 1.807) is 0 Å². The molecule has 2 bridgehead atoms. The second-order valence-electron chi connectivity index (χ2n) is 6.12. The lowest BCUT2D eigenvalue weighted by atomic mass is 10.1. The van der Waals surface area contributed by atoms with E-state index in [-0.39, 0.29) is 6.09 Å². The van der Waals surface area contributed by atoms with Gasteiger partial charge in [0.15, 0.2) is 0 Å². The molecule has 0 N–H and O–H groups in total. The highest BCUT2D eigenvalue weighted by Gasteiger charge is 2.33. The summed E-state index contributed by atoms with van der Waals surface area (Å²) < 4.78 is 5.49. The van der Waals surface area contributed by atoms with Gasteiger partial charge in [-0.3, -0.25) is 0 Å². The first kappa shape index (κ1) is 12.7. The SMILES string of the molecule is CC(C)(C)OC(=O)N1CCCN2CCC[C@H]1C2. The van der Waals surface area contributed by atoms with E-state index in [4.69, 9.17) is 4.74 Å². The van der Waals surface area contributed by atoms with Crippen molar-refractivity contribution in [1.29, 1.82) is 0 Å². The first-order valence-electron chi connectivity index (χ1n) is 6.68. The molecule has 0 spiro atoms. The van der Waals surface area contributed by atoms with Gasteiger partial charge < -0.3 is 14.5 Å². The van der Waals surface area contributed by atoms with Gasteiger partial charge >= 0.3 is 6.09 Å². The maximum absolute atomic E-state index is 12.2. The van der Waals surface area contributed by atoms with Crippen molar-refractivity contribution in [2.24, 2.45) is 0 Å². The summed E-state index contributed by atoms with van der Waals surface area (Å²) in [5.41, 5.74) is -0.391. The Hall–Kier alpha value is -0.770. The Morgan fingerprint density at radius 2 is 1.88 bits per heavy atom. The van der Waals surface area contributed by atoms with E-state index in [2.05, 4.69) is 4.90 Å². The molecule has 2 saturated heterocycles. The highest BCUT2D eigenvalue weighted by molar-refractivity contribution is 5.68. The summed E-state index contributed by atoms with van der Waals surface area (Å²) in [6.45, 7) is 9.96. The summed E-state index contributed by atoms with van der Waals surface area (Å²) in [5.74, 6) is 0. The van der Waals surface area contributed by atoms with Crippen molar-refractivity contribution >= 4 is 6.09 Å². The number of amides is 1. The van der Waals surface area contributed by atoms with E-state index >= 15 is 0 Å². The van der Waals surface area contributed by atoms with Crippen LogP contribution in [0.15, 0.2) is 0 Å². The third-order valence-corrected chi connectivity index (χ3v) is 3.42. The fourth-order valence-electron chi connectivity index (χ4n) is 2.70. The van der Waals surface area contributed by atoms with E-state index in [0.29, 0.717) is 6.04 Å². The van der Waals surface area contributed by atoms with Gasteiger partial charge in [-0.05, 0) is 53.1 Å². The van der Waals surface area contributed by atoms with Gasteiger partial charge in [0, 0.05) is 19.1 Å². The Balaban J connectivity index is 2.01. The number of fused-ring (bicyclic) bond motifs is 2. The van der Waals surface area contributed by atoms with E-state index in [1.807, 2.05) is 25.7 Å². The summed E-state index contributed by atoms with van der Waals surface area (Å²) in [6, 6.07) is 0.362. The zero-order valence-corrected chi connectivity index (χ0v) is 11.2. The fraction of sp³-hybridized carbons (Fsp3) is 0.923. The molecule has 1 unspecified atom stereocenters. The second kappa shape index (κ2) is 4.84. The molecule has 2 aliphatic heterocycles. The molecule has 0 aromatic carbocycles. The van der Waals surface area contributed by atoms with Crippen LogP contribution >= 0.6 is 0 Å². The Bertz CT molecular complexity index is 286. The van der Waals surface area contributed by atoms with Crippen molar-refractivity contribution in [2.45, 2.75) is 51.7 Å². The first-order valence-corrected chi connectivity index (χ1v) is 6.68. The van der Waals surface area contributed by atoms with Crippen LogP contribution in [0.5, 0.6) is 0 Å². The molecule has 0 saturated carbocycles. The Labute approximate surface area is 104 Å². The van der Waals surface area contributed by atoms with Crippen molar-refractivity contribution in [1.82, 2.24) is 9.80 Å². The predicted molar refractivity (Wildman–Crippen MR) is 67.0 cm³/mol. The van der Waals surface area contributed by atoms with Gasteiger partial charge in [0.1, 0.15) is 5.60 Å².